The van der Waals surface area contributed by atoms with Crippen molar-refractivity contribution in [2.24, 2.45) is 0 Å². The molecule has 16 heavy (non-hydrogen) atoms. The molecule has 3 N–H and O–H groups in total. The van der Waals surface area contributed by atoms with Crippen LogP contribution in [0, 0.1) is 0 Å². The number of nitrogens with one attached hydrogen (secondary N) is 3. The topological polar surface area (TPSA) is 82.7 Å². The number of aryl methyl sites for hydroxylation is 1. The monoisotopic (exact) mass is 225 g/mol. The Bertz CT molecular complexity index is 323. The Kier molecular flexibility index (Phi) is 5.49. The first-order valence-electron chi connectivity index (χ1n) is 5.68. The number of carbonyl (C=O) groups is 1. The van der Waals surface area contributed by atoms with Gasteiger partial charge in [-0.25, -0.2) is 4.98 Å². The first-order valence-corrected chi connectivity index (χ1v) is 5.68. The highest BCUT2D eigenvalue weighted by Gasteiger charge is 2.10. The molecule has 1 aromatic heterocycles. The van der Waals surface area contributed by atoms with Crippen LogP contribution in [0.25, 0.3) is 0 Å². The average Bonchev–Trinajstić information content (AvgIpc) is 2.73. The fourth-order valence-corrected chi connectivity index (χ4v) is 1.27. The van der Waals surface area contributed by atoms with E-state index >= 15 is 0 Å². The number of H-pyrrole nitrogens is 1. The number of rotatable bonds is 7. The van der Waals surface area contributed by atoms with E-state index in [0.29, 0.717) is 6.54 Å². The van der Waals surface area contributed by atoms with Crippen molar-refractivity contribution in [1.82, 2.24) is 25.8 Å². The van der Waals surface area contributed by atoms with Gasteiger partial charge in [-0.2, -0.15) is 0 Å². The fourth-order valence-electron chi connectivity index (χ4n) is 1.27. The SMILES string of the molecule is CCCc1nc(C(=O)NCCNCC)n[nH]1. The number of hydrogen-bond donors (Lipinski definition) is 3. The highest BCUT2D eigenvalue weighted by molar-refractivity contribution is 5.90. The molecule has 1 rings (SSSR count). The van der Waals surface area contributed by atoms with Gasteiger partial charge in [0.15, 0.2) is 0 Å². The summed E-state index contributed by atoms with van der Waals surface area (Å²) in [4.78, 5) is 15.6. The summed E-state index contributed by atoms with van der Waals surface area (Å²) in [6, 6.07) is 0. The molecule has 0 aliphatic carbocycles. The second-order valence-corrected chi connectivity index (χ2v) is 3.47. The van der Waals surface area contributed by atoms with E-state index in [1.165, 1.54) is 0 Å². The zero-order valence-electron chi connectivity index (χ0n) is 9.84. The molecule has 0 aliphatic heterocycles. The van der Waals surface area contributed by atoms with Gasteiger partial charge in [0, 0.05) is 19.5 Å². The van der Waals surface area contributed by atoms with E-state index in [-0.39, 0.29) is 11.7 Å². The summed E-state index contributed by atoms with van der Waals surface area (Å²) < 4.78 is 0. The third-order valence-corrected chi connectivity index (χ3v) is 2.06. The van der Waals surface area contributed by atoms with E-state index in [9.17, 15) is 4.79 Å². The summed E-state index contributed by atoms with van der Waals surface area (Å²) >= 11 is 0. The molecule has 0 saturated heterocycles. The summed E-state index contributed by atoms with van der Waals surface area (Å²) in [6.45, 7) is 6.32. The van der Waals surface area contributed by atoms with Gasteiger partial charge in [-0.1, -0.05) is 13.8 Å². The van der Waals surface area contributed by atoms with Crippen molar-refractivity contribution in [2.45, 2.75) is 26.7 Å². The van der Waals surface area contributed by atoms with E-state index in [1.54, 1.807) is 0 Å². The van der Waals surface area contributed by atoms with E-state index in [2.05, 4.69) is 32.7 Å². The average molecular weight is 225 g/mol. The molecule has 0 atom stereocenters. The zero-order valence-corrected chi connectivity index (χ0v) is 9.84. The maximum absolute atomic E-state index is 11.5. The Morgan fingerprint density at radius 1 is 1.38 bits per heavy atom. The largest absolute Gasteiger partial charge is 0.348 e. The van der Waals surface area contributed by atoms with Gasteiger partial charge in [0.25, 0.3) is 5.91 Å². The van der Waals surface area contributed by atoms with Crippen LogP contribution < -0.4 is 10.6 Å². The quantitative estimate of drug-likeness (QED) is 0.575. The first kappa shape index (κ1) is 12.6. The highest BCUT2D eigenvalue weighted by atomic mass is 16.2. The Balaban J connectivity index is 2.34. The highest BCUT2D eigenvalue weighted by Crippen LogP contribution is 1.96. The number of carbonyl (C=O) groups excluding carboxylic acids is 1. The standard InChI is InChI=1S/C10H19N5O/c1-3-5-8-13-9(15-14-8)10(16)12-7-6-11-4-2/h11H,3-7H2,1-2H3,(H,12,16)(H,13,14,15). The molecule has 0 unspecified atom stereocenters. The summed E-state index contributed by atoms with van der Waals surface area (Å²) in [5.41, 5.74) is 0. The van der Waals surface area contributed by atoms with Gasteiger partial charge in [-0.3, -0.25) is 9.89 Å². The summed E-state index contributed by atoms with van der Waals surface area (Å²) in [5, 5.41) is 12.5. The van der Waals surface area contributed by atoms with Crippen molar-refractivity contribution in [1.29, 1.82) is 0 Å². The Morgan fingerprint density at radius 2 is 2.19 bits per heavy atom. The lowest BCUT2D eigenvalue weighted by Gasteiger charge is -2.02. The van der Waals surface area contributed by atoms with Gasteiger partial charge in [0.1, 0.15) is 5.82 Å². The Morgan fingerprint density at radius 3 is 2.88 bits per heavy atom. The molecule has 0 aliphatic rings. The van der Waals surface area contributed by atoms with Crippen LogP contribution >= 0.6 is 0 Å². The molecule has 0 radical (unpaired) electrons. The minimum Gasteiger partial charge on any atom is -0.348 e. The normalized spacial score (nSPS) is 10.4. The van der Waals surface area contributed by atoms with Crippen LogP contribution in [-0.4, -0.2) is 40.7 Å². The van der Waals surface area contributed by atoms with Crippen molar-refractivity contribution >= 4 is 5.91 Å². The lowest BCUT2D eigenvalue weighted by Crippen LogP contribution is -2.32. The summed E-state index contributed by atoms with van der Waals surface area (Å²) in [6.07, 6.45) is 1.80. The maximum atomic E-state index is 11.5. The van der Waals surface area contributed by atoms with Crippen LogP contribution in [0.15, 0.2) is 0 Å². The Labute approximate surface area is 95.2 Å². The van der Waals surface area contributed by atoms with E-state index in [1.807, 2.05) is 6.92 Å². The van der Waals surface area contributed by atoms with Crippen LogP contribution in [-0.2, 0) is 6.42 Å². The molecule has 0 fully saturated rings. The van der Waals surface area contributed by atoms with Crippen molar-refractivity contribution in [3.8, 4) is 0 Å². The van der Waals surface area contributed by atoms with Gasteiger partial charge in [-0.15, -0.1) is 5.10 Å². The Hall–Kier alpha value is -1.43. The van der Waals surface area contributed by atoms with Gasteiger partial charge >= 0.3 is 0 Å². The first-order chi connectivity index (χ1) is 7.77. The van der Waals surface area contributed by atoms with E-state index < -0.39 is 0 Å². The zero-order chi connectivity index (χ0) is 11.8. The van der Waals surface area contributed by atoms with Crippen LogP contribution in [0.3, 0.4) is 0 Å². The van der Waals surface area contributed by atoms with Crippen molar-refractivity contribution in [2.75, 3.05) is 19.6 Å². The van der Waals surface area contributed by atoms with Crippen LogP contribution in [0.5, 0.6) is 0 Å². The predicted molar refractivity (Wildman–Crippen MR) is 61.3 cm³/mol. The van der Waals surface area contributed by atoms with Gasteiger partial charge in [0.05, 0.1) is 0 Å². The second kappa shape index (κ2) is 6.95. The predicted octanol–water partition coefficient (Wildman–Crippen LogP) is 0.0965. The van der Waals surface area contributed by atoms with Gasteiger partial charge < -0.3 is 10.6 Å². The van der Waals surface area contributed by atoms with Crippen LogP contribution in [0.4, 0.5) is 0 Å². The molecule has 0 bridgehead atoms. The van der Waals surface area contributed by atoms with Gasteiger partial charge in [-0.05, 0) is 13.0 Å². The smallest absolute Gasteiger partial charge is 0.291 e. The van der Waals surface area contributed by atoms with Crippen molar-refractivity contribution in [3.05, 3.63) is 11.6 Å². The molecule has 0 saturated carbocycles. The number of nitrogens with zero attached hydrogens (tertiary/aromatic N) is 2. The van der Waals surface area contributed by atoms with E-state index in [4.69, 9.17) is 0 Å². The molecule has 6 heteroatoms. The number of amides is 1. The van der Waals surface area contributed by atoms with Crippen molar-refractivity contribution < 1.29 is 4.79 Å². The second-order valence-electron chi connectivity index (χ2n) is 3.47. The summed E-state index contributed by atoms with van der Waals surface area (Å²) in [7, 11) is 0. The molecule has 0 spiro atoms. The minimum absolute atomic E-state index is 0.222. The molecular weight excluding hydrogens is 206 g/mol. The lowest BCUT2D eigenvalue weighted by molar-refractivity contribution is 0.0944. The number of aromatic amines is 1. The molecule has 1 aromatic rings. The number of likely N-dealkylation sites (N-methyl/N-ethyl adjacent to an activating group) is 1. The number of hydrogen-bond acceptors (Lipinski definition) is 4. The molecule has 6 nitrogen and oxygen atoms in total. The van der Waals surface area contributed by atoms with Crippen LogP contribution in [0.2, 0.25) is 0 Å². The third kappa shape index (κ3) is 3.98. The lowest BCUT2D eigenvalue weighted by atomic mass is 10.3. The molecular formula is C10H19N5O. The van der Waals surface area contributed by atoms with Crippen molar-refractivity contribution in [3.63, 3.8) is 0 Å². The minimum atomic E-state index is -0.225. The summed E-state index contributed by atoms with van der Waals surface area (Å²) in [5.74, 6) is 0.760. The van der Waals surface area contributed by atoms with Gasteiger partial charge in [0.2, 0.25) is 5.82 Å². The molecule has 1 amide bonds. The fraction of sp³-hybridized carbons (Fsp3) is 0.700. The van der Waals surface area contributed by atoms with E-state index in [0.717, 1.165) is 31.8 Å². The molecule has 1 heterocycles. The van der Waals surface area contributed by atoms with Crippen LogP contribution in [0.1, 0.15) is 36.7 Å². The molecule has 90 valence electrons. The number of aromatic nitrogens is 3. The maximum Gasteiger partial charge on any atom is 0.291 e. The third-order valence-electron chi connectivity index (χ3n) is 2.06. The molecule has 0 aromatic carbocycles.